The molecule has 0 spiro atoms. The van der Waals surface area contributed by atoms with E-state index in [1.165, 1.54) is 15.0 Å². The molecule has 5 heteroatoms. The van der Waals surface area contributed by atoms with Crippen LogP contribution >= 0.6 is 11.3 Å². The van der Waals surface area contributed by atoms with Gasteiger partial charge in [0.05, 0.1) is 0 Å². The summed E-state index contributed by atoms with van der Waals surface area (Å²) in [4.78, 5) is 1.99. The van der Waals surface area contributed by atoms with Crippen LogP contribution in [0.4, 0.5) is 0 Å². The summed E-state index contributed by atoms with van der Waals surface area (Å²) < 4.78 is 1.05. The molecule has 0 N–H and O–H groups in total. The summed E-state index contributed by atoms with van der Waals surface area (Å²) in [5.74, 6) is 0. The Morgan fingerprint density at radius 3 is 2.60 bits per heavy atom. The molecular formula is C5H5CuLi2NS. The van der Waals surface area contributed by atoms with Crippen LogP contribution in [0.1, 0.15) is 0 Å². The Labute approximate surface area is 94.7 Å². The molecule has 1 aromatic heterocycles. The SMILES string of the molecule is N#[C][Cu][c]1cccs1.[LiH].[LiH]. The predicted octanol–water partition coefficient (Wildman–Crippen LogP) is -0.360. The van der Waals surface area contributed by atoms with Gasteiger partial charge in [-0.3, -0.25) is 0 Å². The molecule has 0 unspecified atom stereocenters. The summed E-state index contributed by atoms with van der Waals surface area (Å²) in [7, 11) is 0. The summed E-state index contributed by atoms with van der Waals surface area (Å²) in [5.41, 5.74) is 0. The molecule has 0 atom stereocenters. The molecule has 0 saturated heterocycles. The molecule has 0 aliphatic rings. The number of rotatable bonds is 1. The summed E-state index contributed by atoms with van der Waals surface area (Å²) in [6.07, 6.45) is 0. The van der Waals surface area contributed by atoms with E-state index in [0.717, 1.165) is 3.78 Å². The molecule has 1 nitrogen and oxygen atoms in total. The third-order valence-electron chi connectivity index (χ3n) is 0.573. The van der Waals surface area contributed by atoms with Gasteiger partial charge in [0.25, 0.3) is 0 Å². The van der Waals surface area contributed by atoms with Gasteiger partial charge in [0.2, 0.25) is 0 Å². The zero-order valence-corrected chi connectivity index (χ0v) is 5.65. The van der Waals surface area contributed by atoms with E-state index in [1.807, 2.05) is 22.5 Å². The second kappa shape index (κ2) is 8.01. The van der Waals surface area contributed by atoms with Crippen molar-refractivity contribution >= 4 is 52.8 Å². The number of thiophene rings is 1. The van der Waals surface area contributed by atoms with Crippen LogP contribution in [0.5, 0.6) is 0 Å². The van der Waals surface area contributed by atoms with Crippen molar-refractivity contribution in [1.82, 2.24) is 0 Å². The molecule has 0 saturated carbocycles. The Bertz CT molecular complexity index is 194. The zero-order chi connectivity index (χ0) is 5.82. The second-order valence-electron chi connectivity index (χ2n) is 1.02. The zero-order valence-electron chi connectivity index (χ0n) is 3.89. The van der Waals surface area contributed by atoms with Crippen molar-refractivity contribution in [2.24, 2.45) is 0 Å². The summed E-state index contributed by atoms with van der Waals surface area (Å²) in [6.45, 7) is 0. The van der Waals surface area contributed by atoms with E-state index >= 15 is 0 Å². The number of nitrogens with zero attached hydrogens (tertiary/aromatic N) is 1. The van der Waals surface area contributed by atoms with E-state index in [1.54, 1.807) is 11.3 Å². The molecule has 0 aliphatic heterocycles. The van der Waals surface area contributed by atoms with Gasteiger partial charge in [-0.1, -0.05) is 0 Å². The number of hydrogen-bond donors (Lipinski definition) is 0. The third kappa shape index (κ3) is 4.68. The standard InChI is InChI=1S/C4H3S.CN.Cu.2Li.2H/c1-2-4-5-3-1;1-2;;;;;/h1-3H;;;;;;. The normalized spacial score (nSPS) is 7.10. The Morgan fingerprint density at radius 1 is 1.50 bits per heavy atom. The quantitative estimate of drug-likeness (QED) is 0.553. The molecule has 0 radical (unpaired) electrons. The Morgan fingerprint density at radius 2 is 2.20 bits per heavy atom. The van der Waals surface area contributed by atoms with Crippen molar-refractivity contribution in [2.75, 3.05) is 0 Å². The van der Waals surface area contributed by atoms with E-state index < -0.39 is 0 Å². The van der Waals surface area contributed by atoms with Gasteiger partial charge in [-0.2, -0.15) is 0 Å². The molecule has 1 rings (SSSR count). The molecule has 0 amide bonds. The van der Waals surface area contributed by atoms with Crippen molar-refractivity contribution in [3.05, 3.63) is 17.5 Å². The fourth-order valence-corrected chi connectivity index (χ4v) is 1.54. The van der Waals surface area contributed by atoms with Gasteiger partial charge in [0, 0.05) is 0 Å². The topological polar surface area (TPSA) is 23.8 Å². The van der Waals surface area contributed by atoms with Crippen molar-refractivity contribution in [1.29, 1.82) is 5.26 Å². The van der Waals surface area contributed by atoms with Gasteiger partial charge >= 0.3 is 95.5 Å². The minimum absolute atomic E-state index is 0. The number of hydrogen-bond acceptors (Lipinski definition) is 2. The van der Waals surface area contributed by atoms with E-state index in [9.17, 15) is 0 Å². The molecular weight excluding hydrogens is 184 g/mol. The molecule has 0 bridgehead atoms. The van der Waals surface area contributed by atoms with Gasteiger partial charge in [-0.25, -0.2) is 0 Å². The molecule has 0 aromatic carbocycles. The Hall–Kier alpha value is 0.904. The van der Waals surface area contributed by atoms with Gasteiger partial charge < -0.3 is 0 Å². The van der Waals surface area contributed by atoms with Crippen molar-refractivity contribution in [2.45, 2.75) is 0 Å². The van der Waals surface area contributed by atoms with E-state index in [0.29, 0.717) is 0 Å². The molecule has 1 aromatic rings. The van der Waals surface area contributed by atoms with Gasteiger partial charge in [0.15, 0.2) is 0 Å². The first kappa shape index (κ1) is 13.5. The summed E-state index contributed by atoms with van der Waals surface area (Å²) in [5, 5.41) is 10.1. The van der Waals surface area contributed by atoms with Crippen LogP contribution in [0.15, 0.2) is 17.5 Å². The van der Waals surface area contributed by atoms with Crippen LogP contribution in [0.2, 0.25) is 0 Å². The van der Waals surface area contributed by atoms with Crippen molar-refractivity contribution in [3.63, 3.8) is 0 Å². The first-order valence-corrected chi connectivity index (χ1v) is 3.74. The Balaban J connectivity index is 0. The maximum absolute atomic E-state index is 8.15. The summed E-state index contributed by atoms with van der Waals surface area (Å²) in [6, 6.07) is 3.86. The second-order valence-corrected chi connectivity index (χ2v) is 3.18. The van der Waals surface area contributed by atoms with E-state index in [2.05, 4.69) is 0 Å². The Kier molecular flexibility index (Phi) is 10.8. The minimum atomic E-state index is 0. The van der Waals surface area contributed by atoms with Crippen molar-refractivity contribution in [3.8, 4) is 4.97 Å². The monoisotopic (exact) mass is 188 g/mol. The molecule has 49 valence electrons. The van der Waals surface area contributed by atoms with Crippen LogP contribution in [-0.4, -0.2) is 37.7 Å². The molecule has 1 heterocycles. The number of nitriles is 1. The average molecular weight is 189 g/mol. The first-order chi connectivity index (χ1) is 3.93. The maximum atomic E-state index is 8.15. The fourth-order valence-electron chi connectivity index (χ4n) is 0.322. The molecule has 10 heavy (non-hydrogen) atoms. The summed E-state index contributed by atoms with van der Waals surface area (Å²) >= 11 is 2.87. The van der Waals surface area contributed by atoms with Crippen LogP contribution in [0, 0.1) is 10.2 Å². The van der Waals surface area contributed by atoms with Gasteiger partial charge in [-0.15, -0.1) is 0 Å². The van der Waals surface area contributed by atoms with Crippen LogP contribution in [0.3, 0.4) is 0 Å². The first-order valence-electron chi connectivity index (χ1n) is 1.92. The predicted molar refractivity (Wildman–Crippen MR) is 43.9 cm³/mol. The van der Waals surface area contributed by atoms with Gasteiger partial charge in [-0.05, 0) is 0 Å². The third-order valence-corrected chi connectivity index (χ3v) is 2.29. The average Bonchev–Trinajstić information content (AvgIpc) is 2.19. The van der Waals surface area contributed by atoms with Crippen LogP contribution in [0.25, 0.3) is 0 Å². The molecule has 0 fully saturated rings. The van der Waals surface area contributed by atoms with Gasteiger partial charge in [0.1, 0.15) is 0 Å². The van der Waals surface area contributed by atoms with Crippen LogP contribution in [-0.2, 0) is 15.0 Å². The van der Waals surface area contributed by atoms with E-state index in [-0.39, 0.29) is 37.7 Å². The van der Waals surface area contributed by atoms with Crippen molar-refractivity contribution < 1.29 is 15.0 Å². The van der Waals surface area contributed by atoms with Crippen LogP contribution < -0.4 is 3.78 Å². The van der Waals surface area contributed by atoms with E-state index in [4.69, 9.17) is 5.26 Å². The fraction of sp³-hybridized carbons (Fsp3) is 0. The molecule has 0 aliphatic carbocycles.